The van der Waals surface area contributed by atoms with Gasteiger partial charge in [0.2, 0.25) is 0 Å². The summed E-state index contributed by atoms with van der Waals surface area (Å²) < 4.78 is 0. The second kappa shape index (κ2) is 11.7. The van der Waals surface area contributed by atoms with Crippen LogP contribution in [0.4, 0.5) is 0 Å². The van der Waals surface area contributed by atoms with Gasteiger partial charge < -0.3 is 24.8 Å². The Labute approximate surface area is 197 Å². The molecule has 0 radical (unpaired) electrons. The van der Waals surface area contributed by atoms with Gasteiger partial charge in [0.15, 0.2) is 0 Å². The summed E-state index contributed by atoms with van der Waals surface area (Å²) in [6.07, 6.45) is 0. The molecular formula is C25H27Cl3N2-2. The molecule has 1 unspecified atom stereocenters. The predicted octanol–water partition coefficient (Wildman–Crippen LogP) is -0.436. The van der Waals surface area contributed by atoms with Crippen LogP contribution < -0.4 is 24.8 Å². The Morgan fingerprint density at radius 3 is 2.03 bits per heavy atom. The molecule has 0 amide bonds. The van der Waals surface area contributed by atoms with Gasteiger partial charge in [-0.3, -0.25) is 9.80 Å². The molecule has 4 rings (SSSR count). The third-order valence-corrected chi connectivity index (χ3v) is 5.81. The third kappa shape index (κ3) is 6.23. The summed E-state index contributed by atoms with van der Waals surface area (Å²) in [6.45, 7) is 7.50. The minimum absolute atomic E-state index is 0. The van der Waals surface area contributed by atoms with Crippen molar-refractivity contribution < 1.29 is 24.8 Å². The molecule has 1 atom stereocenters. The van der Waals surface area contributed by atoms with Gasteiger partial charge in [-0.15, -0.1) is 0 Å². The zero-order valence-corrected chi connectivity index (χ0v) is 19.4. The average Bonchev–Trinajstić information content (AvgIpc) is 2.72. The highest BCUT2D eigenvalue weighted by molar-refractivity contribution is 6.30. The third-order valence-electron chi connectivity index (χ3n) is 5.56. The number of piperazine rings is 1. The van der Waals surface area contributed by atoms with Crippen LogP contribution in [0.1, 0.15) is 28.3 Å². The minimum atomic E-state index is 0. The Morgan fingerprint density at radius 2 is 1.40 bits per heavy atom. The quantitative estimate of drug-likeness (QED) is 0.508. The summed E-state index contributed by atoms with van der Waals surface area (Å²) in [5.74, 6) is 0. The Bertz CT molecular complexity index is 892. The van der Waals surface area contributed by atoms with Crippen molar-refractivity contribution in [3.63, 3.8) is 0 Å². The van der Waals surface area contributed by atoms with Crippen LogP contribution in [0.3, 0.4) is 0 Å². The molecule has 0 N–H and O–H groups in total. The number of halogens is 3. The number of rotatable bonds is 5. The highest BCUT2D eigenvalue weighted by Crippen LogP contribution is 2.30. The van der Waals surface area contributed by atoms with Gasteiger partial charge in [0.25, 0.3) is 0 Å². The molecule has 3 aromatic rings. The van der Waals surface area contributed by atoms with Crippen molar-refractivity contribution in [3.8, 4) is 0 Å². The van der Waals surface area contributed by atoms with Crippen molar-refractivity contribution in [2.45, 2.75) is 19.5 Å². The lowest BCUT2D eigenvalue weighted by Crippen LogP contribution is -3.00. The molecular weight excluding hydrogens is 435 g/mol. The van der Waals surface area contributed by atoms with Crippen LogP contribution in [0.25, 0.3) is 0 Å². The number of nitrogens with zero attached hydrogens (tertiary/aromatic N) is 2. The molecule has 160 valence electrons. The van der Waals surface area contributed by atoms with Crippen molar-refractivity contribution in [3.05, 3.63) is 106 Å². The van der Waals surface area contributed by atoms with Crippen molar-refractivity contribution >= 4 is 11.6 Å². The number of aryl methyl sites for hydroxylation is 1. The first-order valence-electron chi connectivity index (χ1n) is 10.0. The zero-order valence-electron chi connectivity index (χ0n) is 17.1. The molecule has 1 aliphatic heterocycles. The monoisotopic (exact) mass is 460 g/mol. The van der Waals surface area contributed by atoms with Crippen LogP contribution in [0.5, 0.6) is 0 Å². The van der Waals surface area contributed by atoms with E-state index < -0.39 is 0 Å². The van der Waals surface area contributed by atoms with E-state index in [0.29, 0.717) is 0 Å². The fourth-order valence-electron chi connectivity index (χ4n) is 4.14. The number of hydrogen-bond donors (Lipinski definition) is 0. The van der Waals surface area contributed by atoms with Gasteiger partial charge >= 0.3 is 0 Å². The van der Waals surface area contributed by atoms with Gasteiger partial charge in [-0.25, -0.2) is 0 Å². The molecule has 1 fully saturated rings. The summed E-state index contributed by atoms with van der Waals surface area (Å²) in [5.41, 5.74) is 5.40. The topological polar surface area (TPSA) is 6.48 Å². The summed E-state index contributed by atoms with van der Waals surface area (Å²) in [7, 11) is 0. The second-order valence-electron chi connectivity index (χ2n) is 7.67. The molecule has 5 heteroatoms. The van der Waals surface area contributed by atoms with E-state index in [0.717, 1.165) is 37.7 Å². The van der Waals surface area contributed by atoms with Gasteiger partial charge in [-0.2, -0.15) is 0 Å². The van der Waals surface area contributed by atoms with E-state index in [2.05, 4.69) is 83.5 Å². The maximum Gasteiger partial charge on any atom is 0.0602 e. The standard InChI is InChI=1S/C25H27ClN2.2ClH/c1-20-6-5-7-21(18-20)19-27-14-16-28(17-15-27)25(22-8-3-2-4-9-22)23-10-12-24(26)13-11-23;;/h2-13,18,25H,14-17,19H2,1H3;2*1H/p-2. The zero-order chi connectivity index (χ0) is 19.3. The Hall–Kier alpha value is -1.55. The maximum atomic E-state index is 6.14. The van der Waals surface area contributed by atoms with Crippen LogP contribution in [-0.2, 0) is 6.54 Å². The van der Waals surface area contributed by atoms with Crippen molar-refractivity contribution in [2.24, 2.45) is 0 Å². The molecule has 0 aromatic heterocycles. The largest absolute Gasteiger partial charge is 1.00 e. The van der Waals surface area contributed by atoms with E-state index in [1.54, 1.807) is 0 Å². The highest BCUT2D eigenvalue weighted by atomic mass is 35.5. The fourth-order valence-corrected chi connectivity index (χ4v) is 4.27. The van der Waals surface area contributed by atoms with Crippen LogP contribution in [0, 0.1) is 6.92 Å². The molecule has 0 spiro atoms. The maximum absolute atomic E-state index is 6.14. The van der Waals surface area contributed by atoms with Crippen LogP contribution in [0.2, 0.25) is 5.02 Å². The Kier molecular flexibility index (Phi) is 9.67. The van der Waals surface area contributed by atoms with E-state index in [1.165, 1.54) is 22.3 Å². The molecule has 1 aliphatic rings. The molecule has 30 heavy (non-hydrogen) atoms. The molecule has 0 saturated carbocycles. The Balaban J connectivity index is 0.00000160. The van der Waals surface area contributed by atoms with Gasteiger partial charge in [0.05, 0.1) is 6.04 Å². The Morgan fingerprint density at radius 1 is 0.767 bits per heavy atom. The molecule has 1 saturated heterocycles. The van der Waals surface area contributed by atoms with Crippen LogP contribution >= 0.6 is 11.6 Å². The normalized spacial score (nSPS) is 15.7. The molecule has 3 aromatic carbocycles. The first-order chi connectivity index (χ1) is 13.7. The van der Waals surface area contributed by atoms with Crippen molar-refractivity contribution in [2.75, 3.05) is 26.2 Å². The van der Waals surface area contributed by atoms with Gasteiger partial charge in [-0.1, -0.05) is 83.9 Å². The van der Waals surface area contributed by atoms with E-state index in [4.69, 9.17) is 11.6 Å². The van der Waals surface area contributed by atoms with E-state index in [9.17, 15) is 0 Å². The lowest BCUT2D eigenvalue weighted by Gasteiger charge is -2.40. The molecule has 2 nitrogen and oxygen atoms in total. The smallest absolute Gasteiger partial charge is 0.0602 e. The van der Waals surface area contributed by atoms with E-state index in [1.807, 2.05) is 12.1 Å². The summed E-state index contributed by atoms with van der Waals surface area (Å²) >= 11 is 6.14. The number of hydrogen-bond acceptors (Lipinski definition) is 2. The van der Waals surface area contributed by atoms with Crippen LogP contribution in [-0.4, -0.2) is 36.0 Å². The van der Waals surface area contributed by atoms with Crippen molar-refractivity contribution in [1.29, 1.82) is 0 Å². The summed E-state index contributed by atoms with van der Waals surface area (Å²) in [6, 6.07) is 28.3. The van der Waals surface area contributed by atoms with Gasteiger partial charge in [0, 0.05) is 37.7 Å². The van der Waals surface area contributed by atoms with Gasteiger partial charge in [0.1, 0.15) is 0 Å². The predicted molar refractivity (Wildman–Crippen MR) is 118 cm³/mol. The van der Waals surface area contributed by atoms with E-state index in [-0.39, 0.29) is 30.9 Å². The first kappa shape index (κ1) is 24.7. The van der Waals surface area contributed by atoms with Crippen LogP contribution in [0.15, 0.2) is 78.9 Å². The highest BCUT2D eigenvalue weighted by Gasteiger charge is 2.26. The SMILES string of the molecule is Cc1cccc(CN2CCN(C(c3ccccc3)c3ccc(Cl)cc3)CC2)c1.[Cl-].[Cl-]. The minimum Gasteiger partial charge on any atom is -1.00 e. The lowest BCUT2D eigenvalue weighted by molar-refractivity contribution is -0.001000. The van der Waals surface area contributed by atoms with E-state index >= 15 is 0 Å². The molecule has 0 aliphatic carbocycles. The summed E-state index contributed by atoms with van der Waals surface area (Å²) in [5, 5.41) is 0.790. The first-order valence-corrected chi connectivity index (χ1v) is 10.4. The molecule has 0 bridgehead atoms. The van der Waals surface area contributed by atoms with Gasteiger partial charge in [-0.05, 0) is 35.7 Å². The second-order valence-corrected chi connectivity index (χ2v) is 8.10. The summed E-state index contributed by atoms with van der Waals surface area (Å²) in [4.78, 5) is 5.17. The average molecular weight is 462 g/mol. The van der Waals surface area contributed by atoms with Crippen molar-refractivity contribution in [1.82, 2.24) is 9.80 Å². The molecule has 1 heterocycles. The number of benzene rings is 3. The lowest BCUT2D eigenvalue weighted by atomic mass is 9.96. The fraction of sp³-hybridized carbons (Fsp3) is 0.280.